The molecular weight excluding hydrogens is 312 g/mol. The number of rotatable bonds is 5. The number of carboxylic acid groups (broad SMARTS) is 1. The quantitative estimate of drug-likeness (QED) is 0.623. The monoisotopic (exact) mass is 322 g/mol. The van der Waals surface area contributed by atoms with Crippen LogP contribution in [0.3, 0.4) is 0 Å². The fourth-order valence-electron chi connectivity index (χ4n) is 2.18. The van der Waals surface area contributed by atoms with Crippen molar-refractivity contribution in [2.24, 2.45) is 5.92 Å². The maximum atomic E-state index is 12.2. The molecule has 9 nitrogen and oxygen atoms in total. The van der Waals surface area contributed by atoms with Crippen molar-refractivity contribution in [1.29, 1.82) is 0 Å². The number of aliphatic carboxylic acids is 1. The maximum absolute atomic E-state index is 12.2. The second-order valence-corrected chi connectivity index (χ2v) is 5.54. The van der Waals surface area contributed by atoms with Gasteiger partial charge < -0.3 is 10.4 Å². The molecule has 1 unspecified atom stereocenters. The van der Waals surface area contributed by atoms with Gasteiger partial charge in [-0.15, -0.1) is 0 Å². The normalized spacial score (nSPS) is 15.5. The Morgan fingerprint density at radius 2 is 2.14 bits per heavy atom. The van der Waals surface area contributed by atoms with Crippen LogP contribution in [0.1, 0.15) is 23.2 Å². The fourth-order valence-corrected chi connectivity index (χ4v) is 2.71. The van der Waals surface area contributed by atoms with Gasteiger partial charge in [0.15, 0.2) is 5.52 Å². The summed E-state index contributed by atoms with van der Waals surface area (Å²) in [6.45, 7) is 0. The molecule has 0 saturated heterocycles. The lowest BCUT2D eigenvalue weighted by atomic mass is 10.1. The van der Waals surface area contributed by atoms with E-state index in [-0.39, 0.29) is 28.2 Å². The van der Waals surface area contributed by atoms with Crippen molar-refractivity contribution < 1.29 is 19.6 Å². The molecule has 3 rings (SSSR count). The number of hydrogen-bond donors (Lipinski definition) is 2. The molecule has 1 atom stereocenters. The predicted molar refractivity (Wildman–Crippen MR) is 75.7 cm³/mol. The summed E-state index contributed by atoms with van der Waals surface area (Å²) in [4.78, 5) is 33.8. The average Bonchev–Trinajstić information content (AvgIpc) is 3.19. The summed E-state index contributed by atoms with van der Waals surface area (Å²) in [5.41, 5.74) is 0.0275. The van der Waals surface area contributed by atoms with E-state index in [1.54, 1.807) is 0 Å². The minimum absolute atomic E-state index is 0.00111. The minimum atomic E-state index is -1.11. The first-order valence-electron chi connectivity index (χ1n) is 6.41. The van der Waals surface area contributed by atoms with Gasteiger partial charge in [-0.2, -0.15) is 8.75 Å². The van der Waals surface area contributed by atoms with Crippen molar-refractivity contribution in [2.75, 3.05) is 0 Å². The van der Waals surface area contributed by atoms with Gasteiger partial charge >= 0.3 is 5.97 Å². The van der Waals surface area contributed by atoms with E-state index in [2.05, 4.69) is 14.1 Å². The number of benzene rings is 1. The topological polar surface area (TPSA) is 135 Å². The molecule has 0 aliphatic heterocycles. The van der Waals surface area contributed by atoms with E-state index >= 15 is 0 Å². The molecule has 1 aromatic carbocycles. The van der Waals surface area contributed by atoms with Gasteiger partial charge in [0.25, 0.3) is 11.6 Å². The number of nitrogens with zero attached hydrogens (tertiary/aromatic N) is 3. The first-order chi connectivity index (χ1) is 10.5. The molecule has 1 fully saturated rings. The van der Waals surface area contributed by atoms with Gasteiger partial charge in [0.1, 0.15) is 11.6 Å². The summed E-state index contributed by atoms with van der Waals surface area (Å²) < 4.78 is 7.73. The Morgan fingerprint density at radius 3 is 2.73 bits per heavy atom. The Morgan fingerprint density at radius 1 is 1.41 bits per heavy atom. The van der Waals surface area contributed by atoms with Crippen molar-refractivity contribution in [1.82, 2.24) is 14.1 Å². The number of nitro benzene ring substituents is 1. The lowest BCUT2D eigenvalue weighted by Gasteiger charge is -2.13. The molecule has 1 saturated carbocycles. The SMILES string of the molecule is O=C(NC(C(=O)O)C1CC1)c1cc([N+](=O)[O-])c2nsnc2c1. The Kier molecular flexibility index (Phi) is 3.45. The van der Waals surface area contributed by atoms with Crippen LogP contribution in [0, 0.1) is 16.0 Å². The second-order valence-electron chi connectivity index (χ2n) is 5.01. The van der Waals surface area contributed by atoms with Crippen LogP contribution in [0.2, 0.25) is 0 Å². The zero-order valence-electron chi connectivity index (χ0n) is 11.1. The number of carbonyl (C=O) groups excluding carboxylic acids is 1. The molecule has 0 bridgehead atoms. The molecule has 1 heterocycles. The summed E-state index contributed by atoms with van der Waals surface area (Å²) in [6.07, 6.45) is 1.48. The Labute approximate surface area is 127 Å². The van der Waals surface area contributed by atoms with Crippen LogP contribution in [0.15, 0.2) is 12.1 Å². The Balaban J connectivity index is 1.93. The summed E-state index contributed by atoms with van der Waals surface area (Å²) >= 11 is 0.808. The van der Waals surface area contributed by atoms with Crippen LogP contribution < -0.4 is 5.32 Å². The molecular formula is C12H10N4O5S. The highest BCUT2D eigenvalue weighted by Crippen LogP contribution is 2.33. The van der Waals surface area contributed by atoms with Crippen molar-refractivity contribution in [3.05, 3.63) is 27.8 Å². The third kappa shape index (κ3) is 2.60. The summed E-state index contributed by atoms with van der Waals surface area (Å²) in [7, 11) is 0. The van der Waals surface area contributed by atoms with Gasteiger partial charge in [0, 0.05) is 11.6 Å². The smallest absolute Gasteiger partial charge is 0.326 e. The Bertz CT molecular complexity index is 785. The predicted octanol–water partition coefficient (Wildman–Crippen LogP) is 1.19. The molecule has 10 heteroatoms. The first-order valence-corrected chi connectivity index (χ1v) is 7.15. The Hall–Kier alpha value is -2.62. The second kappa shape index (κ2) is 5.30. The van der Waals surface area contributed by atoms with Gasteiger partial charge in [-0.25, -0.2) is 4.79 Å². The number of carbonyl (C=O) groups is 2. The number of nitro groups is 1. The summed E-state index contributed by atoms with van der Waals surface area (Å²) in [5, 5.41) is 22.6. The third-order valence-electron chi connectivity index (χ3n) is 3.45. The molecule has 1 aliphatic rings. The van der Waals surface area contributed by atoms with E-state index in [0.717, 1.165) is 30.6 Å². The molecule has 2 aromatic rings. The highest BCUT2D eigenvalue weighted by Gasteiger charge is 2.37. The third-order valence-corrected chi connectivity index (χ3v) is 3.99. The van der Waals surface area contributed by atoms with Crippen LogP contribution in [0.5, 0.6) is 0 Å². The average molecular weight is 322 g/mol. The first kappa shape index (κ1) is 14.3. The summed E-state index contributed by atoms with van der Waals surface area (Å²) in [5.74, 6) is -1.86. The zero-order valence-corrected chi connectivity index (χ0v) is 11.9. The van der Waals surface area contributed by atoms with Crippen LogP contribution >= 0.6 is 11.7 Å². The van der Waals surface area contributed by atoms with Gasteiger partial charge in [-0.05, 0) is 24.8 Å². The largest absolute Gasteiger partial charge is 0.480 e. The van der Waals surface area contributed by atoms with Crippen molar-refractivity contribution in [2.45, 2.75) is 18.9 Å². The lowest BCUT2D eigenvalue weighted by Crippen LogP contribution is -2.42. The van der Waals surface area contributed by atoms with Crippen molar-refractivity contribution >= 4 is 40.3 Å². The van der Waals surface area contributed by atoms with Gasteiger partial charge in [-0.1, -0.05) is 0 Å². The minimum Gasteiger partial charge on any atom is -0.480 e. The van der Waals surface area contributed by atoms with Crippen LogP contribution in [0.25, 0.3) is 11.0 Å². The van der Waals surface area contributed by atoms with E-state index in [1.807, 2.05) is 0 Å². The van der Waals surface area contributed by atoms with Gasteiger partial charge in [0.05, 0.1) is 16.7 Å². The molecule has 2 N–H and O–H groups in total. The number of amides is 1. The molecule has 22 heavy (non-hydrogen) atoms. The van der Waals surface area contributed by atoms with E-state index in [0.29, 0.717) is 0 Å². The summed E-state index contributed by atoms with van der Waals surface area (Å²) in [6, 6.07) is 1.48. The highest BCUT2D eigenvalue weighted by molar-refractivity contribution is 7.00. The number of nitrogens with one attached hydrogen (secondary N) is 1. The van der Waals surface area contributed by atoms with Gasteiger partial charge in [-0.3, -0.25) is 14.9 Å². The number of carboxylic acids is 1. The van der Waals surface area contributed by atoms with E-state index in [4.69, 9.17) is 5.11 Å². The van der Waals surface area contributed by atoms with Crippen molar-refractivity contribution in [3.8, 4) is 0 Å². The number of fused-ring (bicyclic) bond motifs is 1. The van der Waals surface area contributed by atoms with Crippen LogP contribution in [-0.4, -0.2) is 36.7 Å². The lowest BCUT2D eigenvalue weighted by molar-refractivity contribution is -0.383. The molecule has 1 amide bonds. The van der Waals surface area contributed by atoms with E-state index in [9.17, 15) is 19.7 Å². The molecule has 0 radical (unpaired) electrons. The zero-order chi connectivity index (χ0) is 15.9. The standard InChI is InChI=1S/C12H10N4O5S/c17-11(13-9(12(18)19)5-1-2-5)6-3-7-10(15-22-14-7)8(4-6)16(20)21/h3-5,9H,1-2H2,(H,13,17)(H,18,19). The van der Waals surface area contributed by atoms with Crippen molar-refractivity contribution in [3.63, 3.8) is 0 Å². The number of aromatic nitrogens is 2. The number of non-ortho nitro benzene ring substituents is 1. The van der Waals surface area contributed by atoms with E-state index in [1.165, 1.54) is 6.07 Å². The van der Waals surface area contributed by atoms with Crippen LogP contribution in [0.4, 0.5) is 5.69 Å². The molecule has 1 aliphatic carbocycles. The molecule has 114 valence electrons. The number of hydrogen-bond acceptors (Lipinski definition) is 7. The molecule has 0 spiro atoms. The molecule has 1 aromatic heterocycles. The van der Waals surface area contributed by atoms with Crippen LogP contribution in [-0.2, 0) is 4.79 Å². The maximum Gasteiger partial charge on any atom is 0.326 e. The highest BCUT2D eigenvalue weighted by atomic mass is 32.1. The van der Waals surface area contributed by atoms with Gasteiger partial charge in [0.2, 0.25) is 0 Å². The van der Waals surface area contributed by atoms with E-state index < -0.39 is 22.8 Å². The fraction of sp³-hybridized carbons (Fsp3) is 0.333.